The Bertz CT molecular complexity index is 467. The zero-order valence-corrected chi connectivity index (χ0v) is 11.5. The Labute approximate surface area is 108 Å². The van der Waals surface area contributed by atoms with E-state index in [0.29, 0.717) is 19.5 Å². The SMILES string of the molecule is CCCS(=O)(=O)N1CCN(c2cccc[nH+]2)CC1. The van der Waals surface area contributed by atoms with Crippen LogP contribution in [-0.4, -0.2) is 44.7 Å². The molecule has 0 unspecified atom stereocenters. The first-order valence-corrected chi connectivity index (χ1v) is 7.94. The van der Waals surface area contributed by atoms with Gasteiger partial charge in [0.25, 0.3) is 5.82 Å². The van der Waals surface area contributed by atoms with Crippen molar-refractivity contribution >= 4 is 15.8 Å². The maximum absolute atomic E-state index is 11.9. The fraction of sp³-hybridized carbons (Fsp3) is 0.583. The third-order valence-electron chi connectivity index (χ3n) is 3.13. The average Bonchev–Trinajstić information content (AvgIpc) is 2.40. The standard InChI is InChI=1S/C12H19N3O2S/c1-2-11-18(16,17)15-9-7-14(8-10-15)12-5-3-4-6-13-12/h3-6H,2,7-11H2,1H3/p+1. The normalized spacial score (nSPS) is 17.9. The lowest BCUT2D eigenvalue weighted by molar-refractivity contribution is -0.364. The van der Waals surface area contributed by atoms with E-state index in [1.165, 1.54) is 0 Å². The van der Waals surface area contributed by atoms with E-state index in [1.807, 2.05) is 31.3 Å². The second kappa shape index (κ2) is 5.67. The predicted molar refractivity (Wildman–Crippen MR) is 70.9 cm³/mol. The largest absolute Gasteiger partial charge is 0.274 e. The molecule has 0 aliphatic carbocycles. The molecule has 1 fully saturated rings. The molecular formula is C12H20N3O2S+. The number of H-pyrrole nitrogens is 1. The van der Waals surface area contributed by atoms with Gasteiger partial charge in [-0.1, -0.05) is 13.0 Å². The first kappa shape index (κ1) is 13.3. The maximum Gasteiger partial charge on any atom is 0.274 e. The van der Waals surface area contributed by atoms with Gasteiger partial charge in [-0.15, -0.1) is 0 Å². The molecule has 0 aromatic carbocycles. The predicted octanol–water partition coefficient (Wildman–Crippen LogP) is 0.363. The summed E-state index contributed by atoms with van der Waals surface area (Å²) in [7, 11) is -3.04. The summed E-state index contributed by atoms with van der Waals surface area (Å²) < 4.78 is 25.5. The minimum atomic E-state index is -3.04. The monoisotopic (exact) mass is 270 g/mol. The third-order valence-corrected chi connectivity index (χ3v) is 5.20. The van der Waals surface area contributed by atoms with Crippen LogP contribution in [0.1, 0.15) is 13.3 Å². The molecular weight excluding hydrogens is 250 g/mol. The number of hydrogen-bond acceptors (Lipinski definition) is 3. The van der Waals surface area contributed by atoms with Gasteiger partial charge < -0.3 is 0 Å². The molecule has 0 atom stereocenters. The molecule has 0 radical (unpaired) electrons. The van der Waals surface area contributed by atoms with E-state index in [9.17, 15) is 8.42 Å². The summed E-state index contributed by atoms with van der Waals surface area (Å²) >= 11 is 0. The highest BCUT2D eigenvalue weighted by Gasteiger charge is 2.29. The van der Waals surface area contributed by atoms with Gasteiger partial charge >= 0.3 is 0 Å². The molecule has 0 amide bonds. The van der Waals surface area contributed by atoms with Crippen molar-refractivity contribution in [1.29, 1.82) is 0 Å². The van der Waals surface area contributed by atoms with Crippen molar-refractivity contribution in [3.05, 3.63) is 24.4 Å². The number of hydrogen-bond donors (Lipinski definition) is 0. The molecule has 5 nitrogen and oxygen atoms in total. The van der Waals surface area contributed by atoms with E-state index in [0.717, 1.165) is 18.9 Å². The van der Waals surface area contributed by atoms with Crippen LogP contribution in [-0.2, 0) is 10.0 Å². The van der Waals surface area contributed by atoms with Gasteiger partial charge in [0.05, 0.1) is 38.1 Å². The molecule has 18 heavy (non-hydrogen) atoms. The van der Waals surface area contributed by atoms with Crippen molar-refractivity contribution in [2.75, 3.05) is 36.8 Å². The highest BCUT2D eigenvalue weighted by atomic mass is 32.2. The average molecular weight is 270 g/mol. The van der Waals surface area contributed by atoms with E-state index in [1.54, 1.807) is 4.31 Å². The zero-order chi connectivity index (χ0) is 13.0. The second-order valence-electron chi connectivity index (χ2n) is 4.45. The summed E-state index contributed by atoms with van der Waals surface area (Å²) in [6.07, 6.45) is 2.56. The van der Waals surface area contributed by atoms with Crippen molar-refractivity contribution in [2.24, 2.45) is 0 Å². The summed E-state index contributed by atoms with van der Waals surface area (Å²) in [6, 6.07) is 5.92. The number of pyridine rings is 1. The summed E-state index contributed by atoms with van der Waals surface area (Å²) in [6.45, 7) is 4.52. The number of rotatable bonds is 4. The van der Waals surface area contributed by atoms with E-state index in [-0.39, 0.29) is 5.75 Å². The lowest BCUT2D eigenvalue weighted by Crippen LogP contribution is -2.50. The quantitative estimate of drug-likeness (QED) is 0.794. The van der Waals surface area contributed by atoms with Crippen LogP contribution in [0, 0.1) is 0 Å². The second-order valence-corrected chi connectivity index (χ2v) is 6.54. The number of nitrogens with one attached hydrogen (secondary N) is 1. The molecule has 1 N–H and O–H groups in total. The van der Waals surface area contributed by atoms with Crippen LogP contribution in [0.4, 0.5) is 5.82 Å². The van der Waals surface area contributed by atoms with Crippen molar-refractivity contribution in [2.45, 2.75) is 13.3 Å². The molecule has 1 aromatic rings. The summed E-state index contributed by atoms with van der Waals surface area (Å²) in [5.41, 5.74) is 0. The van der Waals surface area contributed by atoms with Gasteiger partial charge in [-0.05, 0) is 12.5 Å². The summed E-state index contributed by atoms with van der Waals surface area (Å²) in [5.74, 6) is 1.30. The van der Waals surface area contributed by atoms with Crippen LogP contribution in [0.15, 0.2) is 24.4 Å². The molecule has 2 rings (SSSR count). The smallest absolute Gasteiger partial charge is 0.259 e. The number of nitrogens with zero attached hydrogens (tertiary/aromatic N) is 2. The summed E-state index contributed by atoms with van der Waals surface area (Å²) in [5, 5.41) is 0. The highest BCUT2D eigenvalue weighted by Crippen LogP contribution is 2.13. The first-order chi connectivity index (χ1) is 8.63. The number of aromatic amines is 1. The number of piperazine rings is 1. The van der Waals surface area contributed by atoms with Gasteiger partial charge in [0.15, 0.2) is 0 Å². The van der Waals surface area contributed by atoms with Crippen LogP contribution in [0.25, 0.3) is 0 Å². The van der Waals surface area contributed by atoms with E-state index < -0.39 is 10.0 Å². The van der Waals surface area contributed by atoms with Crippen LogP contribution in [0.2, 0.25) is 0 Å². The van der Waals surface area contributed by atoms with Gasteiger partial charge in [-0.2, -0.15) is 4.31 Å². The molecule has 2 heterocycles. The Balaban J connectivity index is 1.97. The van der Waals surface area contributed by atoms with E-state index in [2.05, 4.69) is 9.88 Å². The minimum absolute atomic E-state index is 0.254. The van der Waals surface area contributed by atoms with Gasteiger partial charge in [0, 0.05) is 6.07 Å². The molecule has 0 saturated carbocycles. The Morgan fingerprint density at radius 3 is 2.50 bits per heavy atom. The topological polar surface area (TPSA) is 54.8 Å². The van der Waals surface area contributed by atoms with Crippen molar-refractivity contribution in [3.63, 3.8) is 0 Å². The minimum Gasteiger partial charge on any atom is -0.259 e. The number of sulfonamides is 1. The lowest BCUT2D eigenvalue weighted by atomic mass is 10.3. The number of aromatic nitrogens is 1. The van der Waals surface area contributed by atoms with Gasteiger partial charge in [-0.25, -0.2) is 13.4 Å². The van der Waals surface area contributed by atoms with Crippen LogP contribution in [0.5, 0.6) is 0 Å². The fourth-order valence-corrected chi connectivity index (χ4v) is 3.67. The molecule has 1 aliphatic rings. The zero-order valence-electron chi connectivity index (χ0n) is 10.7. The molecule has 0 bridgehead atoms. The highest BCUT2D eigenvalue weighted by molar-refractivity contribution is 7.89. The maximum atomic E-state index is 11.9. The van der Waals surface area contributed by atoms with Gasteiger partial charge in [-0.3, -0.25) is 4.90 Å². The molecule has 1 aromatic heterocycles. The first-order valence-electron chi connectivity index (χ1n) is 6.33. The molecule has 1 saturated heterocycles. The van der Waals surface area contributed by atoms with Crippen molar-refractivity contribution in [1.82, 2.24) is 4.31 Å². The van der Waals surface area contributed by atoms with Crippen LogP contribution >= 0.6 is 0 Å². The fourth-order valence-electron chi connectivity index (χ4n) is 2.17. The lowest BCUT2D eigenvalue weighted by Gasteiger charge is -2.30. The molecule has 0 spiro atoms. The van der Waals surface area contributed by atoms with Crippen molar-refractivity contribution in [3.8, 4) is 0 Å². The Morgan fingerprint density at radius 2 is 1.94 bits per heavy atom. The Hall–Kier alpha value is -1.14. The molecule has 100 valence electrons. The van der Waals surface area contributed by atoms with E-state index in [4.69, 9.17) is 0 Å². The van der Waals surface area contributed by atoms with Crippen LogP contribution in [0.3, 0.4) is 0 Å². The molecule has 6 heteroatoms. The Morgan fingerprint density at radius 1 is 1.22 bits per heavy atom. The van der Waals surface area contributed by atoms with Gasteiger partial charge in [0.1, 0.15) is 0 Å². The van der Waals surface area contributed by atoms with Crippen LogP contribution < -0.4 is 9.88 Å². The van der Waals surface area contributed by atoms with Crippen molar-refractivity contribution < 1.29 is 13.4 Å². The number of anilines is 1. The third kappa shape index (κ3) is 3.00. The van der Waals surface area contributed by atoms with E-state index >= 15 is 0 Å². The van der Waals surface area contributed by atoms with Gasteiger partial charge in [0.2, 0.25) is 10.0 Å². The Kier molecular flexibility index (Phi) is 4.19. The molecule has 1 aliphatic heterocycles. The summed E-state index contributed by atoms with van der Waals surface area (Å²) in [4.78, 5) is 5.35.